The number of benzene rings is 2. The van der Waals surface area contributed by atoms with Crippen molar-refractivity contribution >= 4 is 21.7 Å². The molecule has 2 aromatic rings. The van der Waals surface area contributed by atoms with E-state index in [1.165, 1.54) is 0 Å². The molecule has 0 amide bonds. The van der Waals surface area contributed by atoms with Crippen molar-refractivity contribution in [3.8, 4) is 0 Å². The fourth-order valence-corrected chi connectivity index (χ4v) is 5.16. The minimum absolute atomic E-state index is 0.289. The minimum Gasteiger partial charge on any atom is -0.380 e. The van der Waals surface area contributed by atoms with Gasteiger partial charge in [-0.2, -0.15) is 4.31 Å². The predicted octanol–water partition coefficient (Wildman–Crippen LogP) is 3.18. The van der Waals surface area contributed by atoms with Crippen molar-refractivity contribution in [1.29, 1.82) is 0 Å². The van der Waals surface area contributed by atoms with Crippen molar-refractivity contribution in [2.24, 2.45) is 16.6 Å². The van der Waals surface area contributed by atoms with Crippen molar-refractivity contribution in [2.75, 3.05) is 25.5 Å². The smallest absolute Gasteiger partial charge is 0.243 e. The van der Waals surface area contributed by atoms with Gasteiger partial charge in [0.05, 0.1) is 18.0 Å². The number of nitrogens with one attached hydrogen (secondary N) is 1. The number of hydrogen-bond donors (Lipinski definition) is 2. The van der Waals surface area contributed by atoms with E-state index in [0.717, 1.165) is 29.7 Å². The highest BCUT2D eigenvalue weighted by Crippen LogP contribution is 2.23. The summed E-state index contributed by atoms with van der Waals surface area (Å²) in [6, 6.07) is 14.6. The van der Waals surface area contributed by atoms with Crippen LogP contribution in [0.15, 0.2) is 58.4 Å². The normalized spacial score (nSPS) is 18.3. The van der Waals surface area contributed by atoms with Gasteiger partial charge in [0.2, 0.25) is 10.0 Å². The van der Waals surface area contributed by atoms with Gasteiger partial charge in [-0.15, -0.1) is 0 Å². The van der Waals surface area contributed by atoms with Crippen LogP contribution in [0, 0.1) is 5.92 Å². The van der Waals surface area contributed by atoms with Crippen LogP contribution in [0.4, 0.5) is 5.69 Å². The van der Waals surface area contributed by atoms with Gasteiger partial charge in [0.25, 0.3) is 0 Å². The maximum atomic E-state index is 12.9. The molecule has 1 fully saturated rings. The van der Waals surface area contributed by atoms with Gasteiger partial charge >= 0.3 is 0 Å². The summed E-state index contributed by atoms with van der Waals surface area (Å²) in [5.41, 5.74) is 8.74. The minimum atomic E-state index is -3.45. The summed E-state index contributed by atoms with van der Waals surface area (Å²) in [5, 5.41) is 3.09. The molecule has 1 saturated heterocycles. The summed E-state index contributed by atoms with van der Waals surface area (Å²) in [5.74, 6) is 0.684. The SMILES string of the molecule is COCc1ccccc1NC(N)=NCc1ccc(S(=O)(=O)N2CCCC(C)C2)cc1. The van der Waals surface area contributed by atoms with Crippen LogP contribution in [-0.4, -0.2) is 38.9 Å². The van der Waals surface area contributed by atoms with Crippen molar-refractivity contribution in [1.82, 2.24) is 4.31 Å². The maximum absolute atomic E-state index is 12.9. The third-order valence-electron chi connectivity index (χ3n) is 5.19. The van der Waals surface area contributed by atoms with Crippen LogP contribution in [-0.2, 0) is 27.9 Å². The Morgan fingerprint density at radius 2 is 1.97 bits per heavy atom. The molecule has 1 aliphatic heterocycles. The van der Waals surface area contributed by atoms with Crippen LogP contribution in [0.5, 0.6) is 0 Å². The van der Waals surface area contributed by atoms with Gasteiger partial charge in [-0.05, 0) is 42.5 Å². The third kappa shape index (κ3) is 5.59. The average Bonchev–Trinajstić information content (AvgIpc) is 2.74. The Hall–Kier alpha value is -2.42. The Kier molecular flexibility index (Phi) is 7.47. The number of ether oxygens (including phenoxy) is 1. The number of guanidine groups is 1. The standard InChI is InChI=1S/C22H30N4O3S/c1-17-6-5-13-26(15-17)30(27,28)20-11-9-18(10-12-20)14-24-22(23)25-21-8-4-3-7-19(21)16-29-2/h3-4,7-12,17H,5-6,13-16H2,1-2H3,(H3,23,24,25). The van der Waals surface area contributed by atoms with Gasteiger partial charge in [-0.3, -0.25) is 0 Å². The Balaban J connectivity index is 1.64. The predicted molar refractivity (Wildman–Crippen MR) is 120 cm³/mol. The number of rotatable bonds is 7. The van der Waals surface area contributed by atoms with Gasteiger partial charge in [-0.25, -0.2) is 13.4 Å². The number of piperidine rings is 1. The summed E-state index contributed by atoms with van der Waals surface area (Å²) in [4.78, 5) is 4.69. The number of aliphatic imine (C=N–C) groups is 1. The third-order valence-corrected chi connectivity index (χ3v) is 7.07. The van der Waals surface area contributed by atoms with Crippen LogP contribution >= 0.6 is 0 Å². The van der Waals surface area contributed by atoms with E-state index in [0.29, 0.717) is 37.1 Å². The molecule has 0 aromatic heterocycles. The van der Waals surface area contributed by atoms with E-state index in [2.05, 4.69) is 17.2 Å². The second kappa shape index (κ2) is 10.1. The van der Waals surface area contributed by atoms with E-state index in [4.69, 9.17) is 10.5 Å². The molecule has 0 saturated carbocycles. The Labute approximate surface area is 179 Å². The van der Waals surface area contributed by atoms with Gasteiger partial charge in [-0.1, -0.05) is 37.3 Å². The molecule has 1 unspecified atom stereocenters. The molecule has 0 aliphatic carbocycles. The number of nitrogens with zero attached hydrogens (tertiary/aromatic N) is 2. The van der Waals surface area contributed by atoms with Crippen LogP contribution in [0.25, 0.3) is 0 Å². The largest absolute Gasteiger partial charge is 0.380 e. The quantitative estimate of drug-likeness (QED) is 0.519. The molecular weight excluding hydrogens is 400 g/mol. The van der Waals surface area contributed by atoms with Gasteiger partial charge in [0.1, 0.15) is 0 Å². The molecule has 30 heavy (non-hydrogen) atoms. The summed E-state index contributed by atoms with van der Waals surface area (Å²) >= 11 is 0. The van der Waals surface area contributed by atoms with Gasteiger partial charge in [0.15, 0.2) is 5.96 Å². The molecule has 0 bridgehead atoms. The van der Waals surface area contributed by atoms with Crippen LogP contribution in [0.3, 0.4) is 0 Å². The molecule has 1 atom stereocenters. The molecular formula is C22H30N4O3S. The lowest BCUT2D eigenvalue weighted by atomic mass is 10.0. The summed E-state index contributed by atoms with van der Waals surface area (Å²) in [6.45, 7) is 4.09. The molecule has 162 valence electrons. The number of anilines is 1. The average molecular weight is 431 g/mol. The van der Waals surface area contributed by atoms with Gasteiger partial charge in [0, 0.05) is 31.5 Å². The second-order valence-electron chi connectivity index (χ2n) is 7.67. The first-order valence-corrected chi connectivity index (χ1v) is 11.6. The Bertz CT molecular complexity index is 974. The van der Waals surface area contributed by atoms with Crippen molar-refractivity contribution in [3.63, 3.8) is 0 Å². The van der Waals surface area contributed by atoms with Crippen LogP contribution in [0.2, 0.25) is 0 Å². The number of sulfonamides is 1. The second-order valence-corrected chi connectivity index (χ2v) is 9.61. The number of hydrogen-bond acceptors (Lipinski definition) is 4. The fraction of sp³-hybridized carbons (Fsp3) is 0.409. The molecule has 1 aliphatic rings. The molecule has 3 N–H and O–H groups in total. The zero-order valence-electron chi connectivity index (χ0n) is 17.5. The van der Waals surface area contributed by atoms with E-state index in [1.54, 1.807) is 35.7 Å². The number of para-hydroxylation sites is 1. The van der Waals surface area contributed by atoms with E-state index in [1.807, 2.05) is 24.3 Å². The van der Waals surface area contributed by atoms with Crippen molar-refractivity contribution in [2.45, 2.75) is 37.8 Å². The molecule has 3 rings (SSSR count). The molecule has 0 radical (unpaired) electrons. The molecule has 1 heterocycles. The molecule has 7 nitrogen and oxygen atoms in total. The first-order chi connectivity index (χ1) is 14.4. The van der Waals surface area contributed by atoms with Crippen molar-refractivity contribution in [3.05, 3.63) is 59.7 Å². The van der Waals surface area contributed by atoms with Crippen LogP contribution in [0.1, 0.15) is 30.9 Å². The zero-order chi connectivity index (χ0) is 21.6. The first kappa shape index (κ1) is 22.3. The van der Waals surface area contributed by atoms with E-state index >= 15 is 0 Å². The number of methoxy groups -OCH3 is 1. The summed E-state index contributed by atoms with van der Waals surface area (Å²) in [7, 11) is -1.80. The molecule has 2 aromatic carbocycles. The monoisotopic (exact) mass is 430 g/mol. The fourth-order valence-electron chi connectivity index (χ4n) is 3.56. The highest BCUT2D eigenvalue weighted by Gasteiger charge is 2.28. The van der Waals surface area contributed by atoms with Gasteiger partial charge < -0.3 is 15.8 Å². The maximum Gasteiger partial charge on any atom is 0.243 e. The summed E-state index contributed by atoms with van der Waals surface area (Å²) < 4.78 is 32.5. The lowest BCUT2D eigenvalue weighted by Crippen LogP contribution is -2.39. The lowest BCUT2D eigenvalue weighted by molar-refractivity contribution is 0.185. The Morgan fingerprint density at radius 3 is 2.67 bits per heavy atom. The molecule has 8 heteroatoms. The van der Waals surface area contributed by atoms with E-state index in [-0.39, 0.29) is 5.96 Å². The first-order valence-electron chi connectivity index (χ1n) is 10.1. The van der Waals surface area contributed by atoms with Crippen molar-refractivity contribution < 1.29 is 13.2 Å². The van der Waals surface area contributed by atoms with E-state index in [9.17, 15) is 8.42 Å². The zero-order valence-corrected chi connectivity index (χ0v) is 18.4. The summed E-state index contributed by atoms with van der Waals surface area (Å²) in [6.07, 6.45) is 1.99. The lowest BCUT2D eigenvalue weighted by Gasteiger charge is -2.30. The highest BCUT2D eigenvalue weighted by atomic mass is 32.2. The highest BCUT2D eigenvalue weighted by molar-refractivity contribution is 7.89. The van der Waals surface area contributed by atoms with E-state index < -0.39 is 10.0 Å². The molecule has 0 spiro atoms. The number of nitrogens with two attached hydrogens (primary N) is 1. The van der Waals surface area contributed by atoms with Crippen LogP contribution < -0.4 is 11.1 Å². The topological polar surface area (TPSA) is 97.0 Å². The Morgan fingerprint density at radius 1 is 1.23 bits per heavy atom.